The van der Waals surface area contributed by atoms with Crippen molar-refractivity contribution >= 4 is 29.4 Å². The number of ether oxygens (including phenoxy) is 12. The van der Waals surface area contributed by atoms with E-state index in [1.807, 2.05) is 31.2 Å². The molecule has 1 saturated heterocycles. The van der Waals surface area contributed by atoms with Crippen molar-refractivity contribution in [1.29, 1.82) is 0 Å². The number of piperidine rings is 1. The minimum atomic E-state index is -0.801. The highest BCUT2D eigenvalue weighted by atomic mass is 35.5. The number of methoxy groups -OCH3 is 5. The van der Waals surface area contributed by atoms with Crippen LogP contribution in [0.4, 0.5) is 0 Å². The van der Waals surface area contributed by atoms with Crippen LogP contribution in [0.3, 0.4) is 0 Å². The van der Waals surface area contributed by atoms with Crippen LogP contribution in [0, 0.1) is 0 Å². The number of carbonyl (C=O) groups excluding carboxylic acids is 3. The summed E-state index contributed by atoms with van der Waals surface area (Å²) in [5, 5.41) is 2.81. The monoisotopic (exact) mass is 1030 g/mol. The molecule has 1 heterocycles. The molecule has 4 rings (SSSR count). The van der Waals surface area contributed by atoms with E-state index in [1.165, 1.54) is 21.3 Å². The van der Waals surface area contributed by atoms with Gasteiger partial charge in [-0.15, -0.1) is 11.6 Å². The number of likely N-dealkylation sites (tertiary alicyclic amines) is 1. The minimum Gasteiger partial charge on any atom is -0.493 e. The highest BCUT2D eigenvalue weighted by Gasteiger charge is 2.38. The molecule has 402 valence electrons. The average molecular weight is 1030 g/mol. The van der Waals surface area contributed by atoms with Crippen LogP contribution in [0.25, 0.3) is 0 Å². The summed E-state index contributed by atoms with van der Waals surface area (Å²) in [6, 6.07) is 15.6. The SMILES string of the molecule is CCC(C(=O)N1CCCCC1C(=O)OC(CCc1ccc(OC)c(OC)c1)c1cccc(OCC(=O)NCCOCCOCCOCCOCCOCCCCCCCl)c1)c1cc(OC)c(OC)c(OC)c1. The van der Waals surface area contributed by atoms with E-state index >= 15 is 0 Å². The van der Waals surface area contributed by atoms with Gasteiger partial charge in [-0.2, -0.15) is 0 Å². The number of unbranched alkanes of at least 4 members (excludes halogenated alkanes) is 3. The zero-order chi connectivity index (χ0) is 51.8. The van der Waals surface area contributed by atoms with Gasteiger partial charge in [-0.3, -0.25) is 9.59 Å². The normalized spacial score (nSPS) is 14.3. The number of nitrogens with zero attached hydrogens (tertiary/aromatic N) is 1. The van der Waals surface area contributed by atoms with Gasteiger partial charge in [-0.1, -0.05) is 38.0 Å². The summed E-state index contributed by atoms with van der Waals surface area (Å²) in [6.45, 7) is 7.20. The van der Waals surface area contributed by atoms with Crippen LogP contribution in [0.5, 0.6) is 34.5 Å². The van der Waals surface area contributed by atoms with Crippen LogP contribution in [-0.2, 0) is 49.2 Å². The van der Waals surface area contributed by atoms with Crippen molar-refractivity contribution in [2.24, 2.45) is 0 Å². The second-order valence-electron chi connectivity index (χ2n) is 17.0. The molecular formula is C54H79ClN2O15. The molecule has 1 aliphatic rings. The third-order valence-corrected chi connectivity index (χ3v) is 12.4. The Morgan fingerprint density at radius 3 is 1.90 bits per heavy atom. The molecule has 3 unspecified atom stereocenters. The Kier molecular flexibility index (Phi) is 29.1. The van der Waals surface area contributed by atoms with Crippen LogP contribution in [0.15, 0.2) is 54.6 Å². The third-order valence-electron chi connectivity index (χ3n) is 12.1. The van der Waals surface area contributed by atoms with E-state index in [0.29, 0.717) is 144 Å². The van der Waals surface area contributed by atoms with Gasteiger partial charge in [0.25, 0.3) is 5.91 Å². The molecule has 2 amide bonds. The van der Waals surface area contributed by atoms with E-state index in [0.717, 1.165) is 56.6 Å². The lowest BCUT2D eigenvalue weighted by Gasteiger charge is -2.37. The molecule has 0 aromatic heterocycles. The lowest BCUT2D eigenvalue weighted by atomic mass is 9.91. The molecule has 3 atom stereocenters. The van der Waals surface area contributed by atoms with E-state index < -0.39 is 24.0 Å². The molecule has 3 aromatic rings. The molecule has 0 spiro atoms. The molecule has 18 heteroatoms. The summed E-state index contributed by atoms with van der Waals surface area (Å²) in [6.07, 6.45) is 7.01. The van der Waals surface area contributed by atoms with Crippen LogP contribution < -0.4 is 33.7 Å². The molecule has 0 saturated carbocycles. The number of aryl methyl sites for hydroxylation is 1. The molecule has 17 nitrogen and oxygen atoms in total. The number of halogens is 1. The summed E-state index contributed by atoms with van der Waals surface area (Å²) in [7, 11) is 7.75. The van der Waals surface area contributed by atoms with Crippen molar-refractivity contribution < 1.29 is 71.2 Å². The molecule has 1 aliphatic heterocycles. The van der Waals surface area contributed by atoms with Crippen molar-refractivity contribution in [1.82, 2.24) is 10.2 Å². The zero-order valence-corrected chi connectivity index (χ0v) is 44.1. The van der Waals surface area contributed by atoms with E-state index in [2.05, 4.69) is 5.32 Å². The van der Waals surface area contributed by atoms with Gasteiger partial charge in [-0.25, -0.2) is 4.79 Å². The molecular weight excluding hydrogens is 952 g/mol. The van der Waals surface area contributed by atoms with Gasteiger partial charge >= 0.3 is 5.97 Å². The van der Waals surface area contributed by atoms with E-state index in [9.17, 15) is 14.4 Å². The number of amides is 2. The summed E-state index contributed by atoms with van der Waals surface area (Å²) in [5.74, 6) is 2.05. The maximum absolute atomic E-state index is 14.5. The maximum Gasteiger partial charge on any atom is 0.329 e. The fourth-order valence-corrected chi connectivity index (χ4v) is 8.43. The number of nitrogens with one attached hydrogen (secondary N) is 1. The molecule has 1 fully saturated rings. The van der Waals surface area contributed by atoms with Crippen molar-refractivity contribution in [2.45, 2.75) is 89.2 Å². The number of esters is 1. The van der Waals surface area contributed by atoms with Gasteiger partial charge in [0.2, 0.25) is 11.7 Å². The number of carbonyl (C=O) groups is 3. The van der Waals surface area contributed by atoms with Crippen molar-refractivity contribution in [2.75, 3.05) is 127 Å². The van der Waals surface area contributed by atoms with Gasteiger partial charge in [0.15, 0.2) is 29.6 Å². The van der Waals surface area contributed by atoms with Crippen molar-refractivity contribution in [3.63, 3.8) is 0 Å². The van der Waals surface area contributed by atoms with Crippen molar-refractivity contribution in [3.05, 3.63) is 71.3 Å². The van der Waals surface area contributed by atoms with Crippen LogP contribution in [-0.4, -0.2) is 156 Å². The quantitative estimate of drug-likeness (QED) is 0.0333. The lowest BCUT2D eigenvalue weighted by Crippen LogP contribution is -2.50. The Bertz CT molecular complexity index is 2000. The lowest BCUT2D eigenvalue weighted by molar-refractivity contribution is -0.162. The van der Waals surface area contributed by atoms with Gasteiger partial charge < -0.3 is 67.1 Å². The van der Waals surface area contributed by atoms with Gasteiger partial charge in [0, 0.05) is 25.6 Å². The standard InChI is InChI=1S/C54H79ClN2O15/c1-7-44(42-37-49(63-4)52(65-6)50(38-42)64-5)53(59)57-24-12-10-17-45(57)54(60)72-46(20-18-40-19-21-47(61-2)48(35-40)62-3)41-15-14-16-43(36-41)71-39-51(58)56-23-26-67-28-30-69-32-34-70-33-31-68-29-27-66-25-13-9-8-11-22-55/h14-16,19,21,35-38,44-46H,7-13,17-18,20,22-34,39H2,1-6H3,(H,56,58). The number of rotatable bonds is 38. The highest BCUT2D eigenvalue weighted by molar-refractivity contribution is 6.17. The molecule has 0 radical (unpaired) electrons. The second kappa shape index (κ2) is 35.2. The Labute approximate surface area is 431 Å². The first-order valence-electron chi connectivity index (χ1n) is 25.2. The van der Waals surface area contributed by atoms with Crippen LogP contribution in [0.1, 0.15) is 93.4 Å². The number of hydrogen-bond acceptors (Lipinski definition) is 15. The predicted molar refractivity (Wildman–Crippen MR) is 273 cm³/mol. The van der Waals surface area contributed by atoms with Gasteiger partial charge in [0.05, 0.1) is 101 Å². The molecule has 0 aliphatic carbocycles. The number of benzene rings is 3. The van der Waals surface area contributed by atoms with Crippen molar-refractivity contribution in [3.8, 4) is 34.5 Å². The summed E-state index contributed by atoms with van der Waals surface area (Å²) in [5.41, 5.74) is 2.31. The Hall–Kier alpha value is -5.04. The highest BCUT2D eigenvalue weighted by Crippen LogP contribution is 2.42. The summed E-state index contributed by atoms with van der Waals surface area (Å²) < 4.78 is 67.8. The Morgan fingerprint density at radius 2 is 1.29 bits per heavy atom. The zero-order valence-electron chi connectivity index (χ0n) is 43.3. The van der Waals surface area contributed by atoms with Crippen LogP contribution in [0.2, 0.25) is 0 Å². The maximum atomic E-state index is 14.5. The van der Waals surface area contributed by atoms with E-state index in [4.69, 9.17) is 68.4 Å². The topological polar surface area (TPSA) is 177 Å². The smallest absolute Gasteiger partial charge is 0.329 e. The average Bonchev–Trinajstić information content (AvgIpc) is 3.41. The Balaban J connectivity index is 1.26. The first-order chi connectivity index (χ1) is 35.2. The second-order valence-corrected chi connectivity index (χ2v) is 17.4. The summed E-state index contributed by atoms with van der Waals surface area (Å²) >= 11 is 5.69. The molecule has 3 aromatic carbocycles. The largest absolute Gasteiger partial charge is 0.493 e. The molecule has 0 bridgehead atoms. The Morgan fingerprint density at radius 1 is 0.667 bits per heavy atom. The minimum absolute atomic E-state index is 0.183. The number of hydrogen-bond donors (Lipinski definition) is 1. The third kappa shape index (κ3) is 20.5. The fourth-order valence-electron chi connectivity index (χ4n) is 8.24. The van der Waals surface area contributed by atoms with Crippen LogP contribution >= 0.6 is 11.6 Å². The van der Waals surface area contributed by atoms with Gasteiger partial charge in [0.1, 0.15) is 17.9 Å². The van der Waals surface area contributed by atoms with E-state index in [-0.39, 0.29) is 18.4 Å². The molecule has 1 N–H and O–H groups in total. The summed E-state index contributed by atoms with van der Waals surface area (Å²) in [4.78, 5) is 43.3. The first-order valence-corrected chi connectivity index (χ1v) is 25.7. The fraction of sp³-hybridized carbons (Fsp3) is 0.611. The van der Waals surface area contributed by atoms with E-state index in [1.54, 1.807) is 49.5 Å². The number of alkyl halides is 1. The van der Waals surface area contributed by atoms with Gasteiger partial charge in [-0.05, 0) is 104 Å². The first kappa shape index (κ1) is 59.5. The molecule has 72 heavy (non-hydrogen) atoms. The predicted octanol–water partition coefficient (Wildman–Crippen LogP) is 7.90.